The molecule has 8 aromatic carbocycles. The zero-order valence-electron chi connectivity index (χ0n) is 27.0. The van der Waals surface area contributed by atoms with Crippen LogP contribution in [0.25, 0.3) is 44.2 Å². The zero-order chi connectivity index (χ0) is 32.5. The Labute approximate surface area is 287 Å². The van der Waals surface area contributed by atoms with Crippen LogP contribution in [-0.2, 0) is 5.41 Å². The molecule has 0 saturated heterocycles. The molecule has 0 radical (unpaired) electrons. The summed E-state index contributed by atoms with van der Waals surface area (Å²) in [5, 5.41) is 2.24. The van der Waals surface area contributed by atoms with Gasteiger partial charge in [-0.3, -0.25) is 0 Å². The van der Waals surface area contributed by atoms with Gasteiger partial charge in [0.2, 0.25) is 0 Å². The molecule has 2 N–H and O–H groups in total. The van der Waals surface area contributed by atoms with Gasteiger partial charge < -0.3 is 5.73 Å². The van der Waals surface area contributed by atoms with Gasteiger partial charge in [0.1, 0.15) is 0 Å². The van der Waals surface area contributed by atoms with Crippen molar-refractivity contribution in [2.75, 3.05) is 5.73 Å². The lowest BCUT2D eigenvalue weighted by molar-refractivity contribution is 0.697. The molecule has 8 aromatic rings. The van der Waals surface area contributed by atoms with Crippen LogP contribution in [-0.4, -0.2) is 0 Å². The molecule has 0 atom stereocenters. The summed E-state index contributed by atoms with van der Waals surface area (Å²) in [5.74, 6) is 0.0381. The molecule has 0 heterocycles. The first-order valence-corrected chi connectivity index (χ1v) is 17.1. The smallest absolute Gasteiger partial charge is 0.0719 e. The van der Waals surface area contributed by atoms with E-state index in [1.54, 1.807) is 0 Å². The van der Waals surface area contributed by atoms with Gasteiger partial charge in [0.05, 0.1) is 5.41 Å². The summed E-state index contributed by atoms with van der Waals surface area (Å²) >= 11 is 0. The number of rotatable bonds is 3. The first-order valence-electron chi connectivity index (χ1n) is 17.1. The number of nitrogens with two attached hydrogens (primary N) is 1. The number of hydrogen-bond donors (Lipinski definition) is 1. The van der Waals surface area contributed by atoms with Crippen molar-refractivity contribution in [3.05, 3.63) is 221 Å². The van der Waals surface area contributed by atoms with Crippen LogP contribution in [0.15, 0.2) is 182 Å². The molecular formula is C48H33N. The van der Waals surface area contributed by atoms with Crippen LogP contribution in [0.2, 0.25) is 0 Å². The summed E-state index contributed by atoms with van der Waals surface area (Å²) in [6.07, 6.45) is 0. The quantitative estimate of drug-likeness (QED) is 0.195. The maximum Gasteiger partial charge on any atom is 0.0719 e. The number of fused-ring (bicyclic) bond motifs is 10. The highest BCUT2D eigenvalue weighted by Gasteiger charge is 2.51. The van der Waals surface area contributed by atoms with E-state index >= 15 is 0 Å². The summed E-state index contributed by atoms with van der Waals surface area (Å²) in [6.45, 7) is 0. The van der Waals surface area contributed by atoms with Gasteiger partial charge in [-0.15, -0.1) is 0 Å². The second-order valence-electron chi connectivity index (χ2n) is 13.3. The Morgan fingerprint density at radius 3 is 1.37 bits per heavy atom. The first-order chi connectivity index (χ1) is 24.3. The summed E-state index contributed by atoms with van der Waals surface area (Å²) in [7, 11) is 0. The lowest BCUT2D eigenvalue weighted by atomic mass is 9.58. The second kappa shape index (κ2) is 10.7. The second-order valence-corrected chi connectivity index (χ2v) is 13.3. The molecule has 0 amide bonds. The molecule has 0 fully saturated rings. The molecule has 1 nitrogen and oxygen atoms in total. The van der Waals surface area contributed by atoms with E-state index in [0.29, 0.717) is 0 Å². The number of hydrogen-bond acceptors (Lipinski definition) is 1. The zero-order valence-corrected chi connectivity index (χ0v) is 27.0. The van der Waals surface area contributed by atoms with Crippen molar-refractivity contribution in [1.82, 2.24) is 0 Å². The van der Waals surface area contributed by atoms with Crippen molar-refractivity contribution in [2.45, 2.75) is 11.3 Å². The predicted octanol–water partition coefficient (Wildman–Crippen LogP) is 11.6. The fourth-order valence-electron chi connectivity index (χ4n) is 9.12. The van der Waals surface area contributed by atoms with Gasteiger partial charge in [0, 0.05) is 22.6 Å². The molecule has 2 aliphatic carbocycles. The normalized spacial score (nSPS) is 13.9. The molecule has 0 aromatic heterocycles. The van der Waals surface area contributed by atoms with E-state index in [1.807, 2.05) is 0 Å². The monoisotopic (exact) mass is 623 g/mol. The van der Waals surface area contributed by atoms with E-state index in [-0.39, 0.29) is 5.92 Å². The van der Waals surface area contributed by atoms with Crippen LogP contribution in [0.1, 0.15) is 44.9 Å². The Balaban J connectivity index is 1.24. The van der Waals surface area contributed by atoms with E-state index in [9.17, 15) is 0 Å². The van der Waals surface area contributed by atoms with Crippen molar-refractivity contribution in [3.63, 3.8) is 0 Å². The Bertz CT molecular complexity index is 2500. The first kappa shape index (κ1) is 27.9. The molecular weight excluding hydrogens is 591 g/mol. The van der Waals surface area contributed by atoms with Gasteiger partial charge in [-0.2, -0.15) is 0 Å². The van der Waals surface area contributed by atoms with Gasteiger partial charge in [-0.25, -0.2) is 0 Å². The summed E-state index contributed by atoms with van der Waals surface area (Å²) in [6, 6.07) is 66.9. The molecule has 49 heavy (non-hydrogen) atoms. The van der Waals surface area contributed by atoms with Gasteiger partial charge in [-0.05, 0) is 72.1 Å². The molecule has 2 aliphatic rings. The minimum Gasteiger partial charge on any atom is -0.398 e. The van der Waals surface area contributed by atoms with Crippen LogP contribution in [0.3, 0.4) is 0 Å². The number of anilines is 1. The van der Waals surface area contributed by atoms with Crippen LogP contribution in [0, 0.1) is 0 Å². The third-order valence-electron chi connectivity index (χ3n) is 11.1. The molecule has 10 rings (SSSR count). The van der Waals surface area contributed by atoms with Crippen molar-refractivity contribution >= 4 is 16.5 Å². The maximum atomic E-state index is 6.95. The van der Waals surface area contributed by atoms with Crippen molar-refractivity contribution in [1.29, 1.82) is 0 Å². The number of benzene rings is 8. The largest absolute Gasteiger partial charge is 0.398 e. The van der Waals surface area contributed by atoms with E-state index < -0.39 is 5.41 Å². The van der Waals surface area contributed by atoms with E-state index in [4.69, 9.17) is 5.73 Å². The SMILES string of the molecule is Nc1c(-c2ccccc2-c2ccccc2C2c3ccccc3C3(c4ccccc4-c4ccccc43)c3ccccc32)ccc2ccccc12. The minimum absolute atomic E-state index is 0.0381. The standard InChI is InChI=1S/C48H33N/c49-47-32-16-2-1-15-31(32)29-30-39(47)35-19-4-3-17-33(35)34-18-5-6-22-38(34)46-40-23-9-13-27-44(40)48(45-28-14-10-24-41(45)46)42-25-11-7-20-36(42)37-21-8-12-26-43(37)48/h1-30,46H,49H2. The van der Waals surface area contributed by atoms with Crippen molar-refractivity contribution in [3.8, 4) is 33.4 Å². The predicted molar refractivity (Wildman–Crippen MR) is 204 cm³/mol. The van der Waals surface area contributed by atoms with Gasteiger partial charge in [-0.1, -0.05) is 182 Å². The maximum absolute atomic E-state index is 6.95. The van der Waals surface area contributed by atoms with Crippen molar-refractivity contribution < 1.29 is 0 Å². The minimum atomic E-state index is -0.400. The Kier molecular flexibility index (Phi) is 6.07. The summed E-state index contributed by atoms with van der Waals surface area (Å²) < 4.78 is 0. The molecule has 0 saturated carbocycles. The highest BCUT2D eigenvalue weighted by atomic mass is 14.6. The van der Waals surface area contributed by atoms with E-state index in [0.717, 1.165) is 27.6 Å². The Morgan fingerprint density at radius 2 is 0.755 bits per heavy atom. The van der Waals surface area contributed by atoms with Gasteiger partial charge in [0.25, 0.3) is 0 Å². The average molecular weight is 624 g/mol. The van der Waals surface area contributed by atoms with Crippen LogP contribution >= 0.6 is 0 Å². The number of nitrogen functional groups attached to an aromatic ring is 1. The molecule has 1 spiro atoms. The Morgan fingerprint density at radius 1 is 0.327 bits per heavy atom. The van der Waals surface area contributed by atoms with Crippen LogP contribution in [0.4, 0.5) is 5.69 Å². The van der Waals surface area contributed by atoms with E-state index in [1.165, 1.54) is 61.2 Å². The van der Waals surface area contributed by atoms with Crippen molar-refractivity contribution in [2.24, 2.45) is 0 Å². The lowest BCUT2D eigenvalue weighted by Crippen LogP contribution is -2.36. The highest BCUT2D eigenvalue weighted by molar-refractivity contribution is 6.03. The third kappa shape index (κ3) is 3.82. The molecule has 1 heteroatoms. The molecule has 230 valence electrons. The lowest BCUT2D eigenvalue weighted by Gasteiger charge is -2.43. The Hall–Kier alpha value is -6.18. The fraction of sp³-hybridized carbons (Fsp3) is 0.0417. The van der Waals surface area contributed by atoms with Gasteiger partial charge in [0.15, 0.2) is 0 Å². The van der Waals surface area contributed by atoms with Crippen LogP contribution < -0.4 is 5.73 Å². The molecule has 0 unspecified atom stereocenters. The third-order valence-corrected chi connectivity index (χ3v) is 11.1. The molecule has 0 aliphatic heterocycles. The highest BCUT2D eigenvalue weighted by Crippen LogP contribution is 2.62. The van der Waals surface area contributed by atoms with E-state index in [2.05, 4.69) is 182 Å². The average Bonchev–Trinajstić information content (AvgIpc) is 3.46. The van der Waals surface area contributed by atoms with Crippen LogP contribution in [0.5, 0.6) is 0 Å². The topological polar surface area (TPSA) is 26.0 Å². The fourth-order valence-corrected chi connectivity index (χ4v) is 9.12. The molecule has 0 bridgehead atoms. The summed E-state index contributed by atoms with van der Waals surface area (Å²) in [4.78, 5) is 0. The van der Waals surface area contributed by atoms with Gasteiger partial charge >= 0.3 is 0 Å². The summed E-state index contributed by atoms with van der Waals surface area (Å²) in [5.41, 5.74) is 24.1.